The van der Waals surface area contributed by atoms with E-state index in [9.17, 15) is 31.2 Å². The SMILES string of the molecule is Cn1cc(S(=O)(=O)Nc2ccc(Cl)c(C(F)(F)F)c2)c(=O)n(C)c1=O. The van der Waals surface area contributed by atoms with Gasteiger partial charge in [-0.25, -0.2) is 13.2 Å². The van der Waals surface area contributed by atoms with Crippen molar-refractivity contribution in [3.8, 4) is 0 Å². The van der Waals surface area contributed by atoms with Gasteiger partial charge in [-0.2, -0.15) is 13.2 Å². The Morgan fingerprint density at radius 2 is 1.76 bits per heavy atom. The highest BCUT2D eigenvalue weighted by molar-refractivity contribution is 7.92. The molecular formula is C13H11ClF3N3O4S. The molecule has 0 amide bonds. The van der Waals surface area contributed by atoms with E-state index < -0.39 is 48.6 Å². The number of hydrogen-bond acceptors (Lipinski definition) is 4. The first-order valence-corrected chi connectivity index (χ1v) is 8.37. The molecule has 0 bridgehead atoms. The van der Waals surface area contributed by atoms with Crippen LogP contribution in [0.3, 0.4) is 0 Å². The third kappa shape index (κ3) is 3.71. The molecule has 1 aromatic heterocycles. The number of aromatic nitrogens is 2. The van der Waals surface area contributed by atoms with Gasteiger partial charge in [0.25, 0.3) is 15.6 Å². The summed E-state index contributed by atoms with van der Waals surface area (Å²) in [5.41, 5.74) is -3.54. The number of sulfonamides is 1. The Bertz CT molecular complexity index is 1060. The number of nitrogens with one attached hydrogen (secondary N) is 1. The molecule has 0 saturated heterocycles. The van der Waals surface area contributed by atoms with Crippen molar-refractivity contribution in [1.29, 1.82) is 0 Å². The number of alkyl halides is 3. The van der Waals surface area contributed by atoms with E-state index in [2.05, 4.69) is 0 Å². The van der Waals surface area contributed by atoms with Crippen LogP contribution in [0.2, 0.25) is 5.02 Å². The van der Waals surface area contributed by atoms with Gasteiger partial charge in [-0.15, -0.1) is 0 Å². The van der Waals surface area contributed by atoms with Crippen molar-refractivity contribution in [3.63, 3.8) is 0 Å². The van der Waals surface area contributed by atoms with Gasteiger partial charge < -0.3 is 4.57 Å². The van der Waals surface area contributed by atoms with Crippen molar-refractivity contribution in [3.05, 3.63) is 55.8 Å². The van der Waals surface area contributed by atoms with E-state index in [-0.39, 0.29) is 0 Å². The van der Waals surface area contributed by atoms with Crippen molar-refractivity contribution in [2.75, 3.05) is 4.72 Å². The zero-order valence-corrected chi connectivity index (χ0v) is 14.3. The summed E-state index contributed by atoms with van der Waals surface area (Å²) in [6, 6.07) is 2.40. The first-order valence-electron chi connectivity index (χ1n) is 6.51. The molecular weight excluding hydrogens is 387 g/mol. The third-order valence-electron chi connectivity index (χ3n) is 3.23. The molecule has 0 unspecified atom stereocenters. The van der Waals surface area contributed by atoms with E-state index in [1.165, 1.54) is 7.05 Å². The van der Waals surface area contributed by atoms with Gasteiger partial charge in [0, 0.05) is 26.0 Å². The molecule has 7 nitrogen and oxygen atoms in total. The normalized spacial score (nSPS) is 12.2. The summed E-state index contributed by atoms with van der Waals surface area (Å²) in [6.45, 7) is 0. The predicted octanol–water partition coefficient (Wildman–Crippen LogP) is 1.56. The minimum atomic E-state index is -4.79. The molecule has 25 heavy (non-hydrogen) atoms. The summed E-state index contributed by atoms with van der Waals surface area (Å²) in [6.07, 6.45) is -4.00. The molecule has 2 aromatic rings. The zero-order valence-electron chi connectivity index (χ0n) is 12.8. The molecule has 12 heteroatoms. The number of halogens is 4. The number of aryl methyl sites for hydroxylation is 1. The molecule has 0 fully saturated rings. The van der Waals surface area contributed by atoms with E-state index in [0.29, 0.717) is 10.6 Å². The lowest BCUT2D eigenvalue weighted by molar-refractivity contribution is -0.137. The fraction of sp³-hybridized carbons (Fsp3) is 0.231. The van der Waals surface area contributed by atoms with Crippen molar-refractivity contribution in [2.24, 2.45) is 14.1 Å². The minimum absolute atomic E-state index is 0.437. The molecule has 1 N–H and O–H groups in total. The van der Waals surface area contributed by atoms with E-state index >= 15 is 0 Å². The van der Waals surface area contributed by atoms with Gasteiger partial charge in [0.05, 0.1) is 10.6 Å². The van der Waals surface area contributed by atoms with Crippen LogP contribution in [0, 0.1) is 0 Å². The summed E-state index contributed by atoms with van der Waals surface area (Å²) in [5.74, 6) is 0. The van der Waals surface area contributed by atoms with Gasteiger partial charge in [-0.05, 0) is 18.2 Å². The maximum absolute atomic E-state index is 12.8. The highest BCUT2D eigenvalue weighted by Gasteiger charge is 2.34. The Labute approximate surface area is 144 Å². The molecule has 0 spiro atoms. The first-order chi connectivity index (χ1) is 11.3. The van der Waals surface area contributed by atoms with Crippen molar-refractivity contribution in [2.45, 2.75) is 11.1 Å². The van der Waals surface area contributed by atoms with Crippen molar-refractivity contribution >= 4 is 27.3 Å². The highest BCUT2D eigenvalue weighted by atomic mass is 35.5. The Balaban J connectivity index is 2.55. The van der Waals surface area contributed by atoms with Crippen LogP contribution in [0.1, 0.15) is 5.56 Å². The van der Waals surface area contributed by atoms with Crippen LogP contribution in [0.4, 0.5) is 18.9 Å². The number of anilines is 1. The highest BCUT2D eigenvalue weighted by Crippen LogP contribution is 2.36. The van der Waals surface area contributed by atoms with Crippen LogP contribution in [-0.4, -0.2) is 17.6 Å². The summed E-state index contributed by atoms with van der Waals surface area (Å²) in [5, 5.41) is -0.603. The van der Waals surface area contributed by atoms with Gasteiger partial charge in [0.15, 0.2) is 4.90 Å². The Morgan fingerprint density at radius 3 is 2.32 bits per heavy atom. The largest absolute Gasteiger partial charge is 0.417 e. The van der Waals surface area contributed by atoms with Crippen molar-refractivity contribution < 1.29 is 21.6 Å². The maximum Gasteiger partial charge on any atom is 0.417 e. The van der Waals surface area contributed by atoms with Crippen LogP contribution in [0.25, 0.3) is 0 Å². The quantitative estimate of drug-likeness (QED) is 0.851. The van der Waals surface area contributed by atoms with E-state index in [1.807, 2.05) is 4.72 Å². The average molecular weight is 398 g/mol. The molecule has 0 aliphatic carbocycles. The van der Waals surface area contributed by atoms with E-state index in [0.717, 1.165) is 29.9 Å². The molecule has 0 aliphatic heterocycles. The maximum atomic E-state index is 12.8. The lowest BCUT2D eigenvalue weighted by Gasteiger charge is -2.13. The van der Waals surface area contributed by atoms with Gasteiger partial charge in [-0.3, -0.25) is 14.1 Å². The molecule has 1 aromatic carbocycles. The monoisotopic (exact) mass is 397 g/mol. The van der Waals surface area contributed by atoms with Crippen LogP contribution < -0.4 is 16.0 Å². The fourth-order valence-electron chi connectivity index (χ4n) is 1.98. The summed E-state index contributed by atoms with van der Waals surface area (Å²) >= 11 is 5.46. The van der Waals surface area contributed by atoms with E-state index in [4.69, 9.17) is 11.6 Å². The number of nitrogens with zero attached hydrogens (tertiary/aromatic N) is 2. The third-order valence-corrected chi connectivity index (χ3v) is 4.92. The van der Waals surface area contributed by atoms with Gasteiger partial charge >= 0.3 is 11.9 Å². The lowest BCUT2D eigenvalue weighted by atomic mass is 10.2. The predicted molar refractivity (Wildman–Crippen MR) is 84.2 cm³/mol. The molecule has 1 heterocycles. The van der Waals surface area contributed by atoms with Gasteiger partial charge in [-0.1, -0.05) is 11.6 Å². The lowest BCUT2D eigenvalue weighted by Crippen LogP contribution is -2.40. The first kappa shape index (κ1) is 19.1. The second-order valence-electron chi connectivity index (χ2n) is 5.05. The standard InChI is InChI=1S/C13H11ClF3N3O4S/c1-19-6-10(11(21)20(2)12(19)22)25(23,24)18-7-3-4-9(14)8(5-7)13(15,16)17/h3-6,18H,1-2H3. The van der Waals surface area contributed by atoms with E-state index in [1.54, 1.807) is 0 Å². The number of hydrogen-bond donors (Lipinski definition) is 1. The van der Waals surface area contributed by atoms with Crippen LogP contribution >= 0.6 is 11.6 Å². The smallest absolute Gasteiger partial charge is 0.302 e. The molecule has 136 valence electrons. The summed E-state index contributed by atoms with van der Waals surface area (Å²) < 4.78 is 66.5. The Kier molecular flexibility index (Phi) is 4.75. The van der Waals surface area contributed by atoms with Crippen LogP contribution in [0.5, 0.6) is 0 Å². The van der Waals surface area contributed by atoms with Crippen molar-refractivity contribution in [1.82, 2.24) is 9.13 Å². The van der Waals surface area contributed by atoms with Crippen LogP contribution in [-0.2, 0) is 30.3 Å². The minimum Gasteiger partial charge on any atom is -0.302 e. The average Bonchev–Trinajstić information content (AvgIpc) is 2.49. The van der Waals surface area contributed by atoms with Crippen LogP contribution in [0.15, 0.2) is 38.9 Å². The number of rotatable bonds is 3. The van der Waals surface area contributed by atoms with Gasteiger partial charge in [0.1, 0.15) is 0 Å². The Hall–Kier alpha value is -2.27. The second kappa shape index (κ2) is 6.23. The molecule has 2 rings (SSSR count). The molecule has 0 radical (unpaired) electrons. The Morgan fingerprint density at radius 1 is 1.16 bits per heavy atom. The molecule has 0 atom stereocenters. The number of benzene rings is 1. The molecule has 0 aliphatic rings. The summed E-state index contributed by atoms with van der Waals surface area (Å²) in [7, 11) is -2.23. The summed E-state index contributed by atoms with van der Waals surface area (Å²) in [4.78, 5) is 22.8. The second-order valence-corrected chi connectivity index (χ2v) is 7.11. The fourth-order valence-corrected chi connectivity index (χ4v) is 3.41. The van der Waals surface area contributed by atoms with Gasteiger partial charge in [0.2, 0.25) is 0 Å². The zero-order chi connectivity index (χ0) is 19.2. The molecule has 0 saturated carbocycles. The topological polar surface area (TPSA) is 90.2 Å².